The predicted octanol–water partition coefficient (Wildman–Crippen LogP) is 2.98. The van der Waals surface area contributed by atoms with E-state index in [-0.39, 0.29) is 5.91 Å². The second kappa shape index (κ2) is 7.22. The number of nitrogens with zero attached hydrogens (tertiary/aromatic N) is 3. The number of fused-ring (bicyclic) bond motifs is 1. The van der Waals surface area contributed by atoms with E-state index in [1.165, 1.54) is 0 Å². The van der Waals surface area contributed by atoms with Gasteiger partial charge in [-0.25, -0.2) is 4.98 Å². The number of para-hydroxylation sites is 1. The minimum atomic E-state index is 0.0901. The Labute approximate surface area is 153 Å². The highest BCUT2D eigenvalue weighted by Gasteiger charge is 2.27. The number of amides is 1. The number of carbonyl (C=O) groups excluding carboxylic acids is 1. The Bertz CT molecular complexity index is 926. The molecule has 1 N–H and O–H groups in total. The second-order valence-electron chi connectivity index (χ2n) is 6.78. The van der Waals surface area contributed by atoms with E-state index in [1.54, 1.807) is 12.4 Å². The molecular weight excluding hydrogens is 324 g/mol. The van der Waals surface area contributed by atoms with Crippen molar-refractivity contribution in [2.75, 3.05) is 26.7 Å². The van der Waals surface area contributed by atoms with Gasteiger partial charge < -0.3 is 10.2 Å². The van der Waals surface area contributed by atoms with Crippen molar-refractivity contribution in [2.24, 2.45) is 5.92 Å². The van der Waals surface area contributed by atoms with Crippen molar-refractivity contribution in [3.63, 3.8) is 0 Å². The first-order valence-corrected chi connectivity index (χ1v) is 9.00. The van der Waals surface area contributed by atoms with Gasteiger partial charge >= 0.3 is 0 Å². The molecular formula is C21H22N4O. The minimum Gasteiger partial charge on any atom is -0.338 e. The molecule has 2 aromatic heterocycles. The number of hydrogen-bond acceptors (Lipinski definition) is 4. The maximum atomic E-state index is 13.3. The van der Waals surface area contributed by atoms with Gasteiger partial charge in [0.1, 0.15) is 0 Å². The fourth-order valence-electron chi connectivity index (χ4n) is 3.66. The molecule has 5 heteroatoms. The van der Waals surface area contributed by atoms with Crippen LogP contribution in [0.1, 0.15) is 16.8 Å². The summed E-state index contributed by atoms with van der Waals surface area (Å²) in [5, 5.41) is 4.12. The van der Waals surface area contributed by atoms with Gasteiger partial charge in [-0.2, -0.15) is 0 Å². The van der Waals surface area contributed by atoms with Crippen LogP contribution in [-0.2, 0) is 0 Å². The van der Waals surface area contributed by atoms with Crippen LogP contribution in [0.15, 0.2) is 54.9 Å². The predicted molar refractivity (Wildman–Crippen MR) is 103 cm³/mol. The van der Waals surface area contributed by atoms with Crippen LogP contribution in [0.2, 0.25) is 0 Å². The fraction of sp³-hybridized carbons (Fsp3) is 0.286. The molecule has 4 rings (SSSR count). The van der Waals surface area contributed by atoms with Crippen molar-refractivity contribution in [1.29, 1.82) is 0 Å². The van der Waals surface area contributed by atoms with Crippen molar-refractivity contribution in [2.45, 2.75) is 6.42 Å². The van der Waals surface area contributed by atoms with Gasteiger partial charge in [-0.05, 0) is 50.2 Å². The zero-order valence-electron chi connectivity index (χ0n) is 14.9. The third-order valence-corrected chi connectivity index (χ3v) is 4.97. The maximum absolute atomic E-state index is 13.3. The summed E-state index contributed by atoms with van der Waals surface area (Å²) in [6.45, 7) is 2.56. The van der Waals surface area contributed by atoms with E-state index in [1.807, 2.05) is 54.4 Å². The summed E-state index contributed by atoms with van der Waals surface area (Å²) >= 11 is 0. The van der Waals surface area contributed by atoms with E-state index in [2.05, 4.69) is 10.3 Å². The van der Waals surface area contributed by atoms with E-state index in [4.69, 9.17) is 4.98 Å². The Kier molecular flexibility index (Phi) is 4.63. The highest BCUT2D eigenvalue weighted by atomic mass is 16.2. The van der Waals surface area contributed by atoms with Crippen LogP contribution in [0.5, 0.6) is 0 Å². The van der Waals surface area contributed by atoms with Gasteiger partial charge in [0.2, 0.25) is 0 Å². The molecule has 1 amide bonds. The Morgan fingerprint density at radius 2 is 2.15 bits per heavy atom. The molecule has 0 spiro atoms. The third kappa shape index (κ3) is 3.18. The average Bonchev–Trinajstić information content (AvgIpc) is 3.16. The number of nitrogens with one attached hydrogen (secondary N) is 1. The molecule has 1 aromatic carbocycles. The Hall–Kier alpha value is -2.79. The van der Waals surface area contributed by atoms with Crippen LogP contribution >= 0.6 is 0 Å². The van der Waals surface area contributed by atoms with Crippen molar-refractivity contribution < 1.29 is 4.79 Å². The molecule has 1 fully saturated rings. The van der Waals surface area contributed by atoms with Crippen LogP contribution in [0.3, 0.4) is 0 Å². The third-order valence-electron chi connectivity index (χ3n) is 4.97. The van der Waals surface area contributed by atoms with E-state index in [9.17, 15) is 4.79 Å². The van der Waals surface area contributed by atoms with Crippen LogP contribution < -0.4 is 5.32 Å². The van der Waals surface area contributed by atoms with E-state index < -0.39 is 0 Å². The molecule has 1 aliphatic heterocycles. The lowest BCUT2D eigenvalue weighted by atomic mass is 10.0. The maximum Gasteiger partial charge on any atom is 0.254 e. The number of aromatic nitrogens is 2. The summed E-state index contributed by atoms with van der Waals surface area (Å²) in [6.07, 6.45) is 4.57. The lowest BCUT2D eigenvalue weighted by Crippen LogP contribution is -2.30. The summed E-state index contributed by atoms with van der Waals surface area (Å²) in [6, 6.07) is 13.6. The Balaban J connectivity index is 1.75. The highest BCUT2D eigenvalue weighted by molar-refractivity contribution is 6.07. The standard InChI is InChI=1S/C21H22N4O/c1-22-12-15-8-10-25(14-15)21(26)18-11-20(16-5-4-9-23-13-16)24-19-7-3-2-6-17(18)19/h2-7,9,11,13,15,22H,8,10,12,14H2,1H3. The first-order chi connectivity index (χ1) is 12.8. The van der Waals surface area contributed by atoms with Gasteiger partial charge in [0.25, 0.3) is 5.91 Å². The molecule has 1 unspecified atom stereocenters. The second-order valence-corrected chi connectivity index (χ2v) is 6.78. The van der Waals surface area contributed by atoms with Crippen molar-refractivity contribution >= 4 is 16.8 Å². The number of rotatable bonds is 4. The van der Waals surface area contributed by atoms with Crippen molar-refractivity contribution in [1.82, 2.24) is 20.2 Å². The lowest BCUT2D eigenvalue weighted by Gasteiger charge is -2.18. The normalized spacial score (nSPS) is 17.0. The van der Waals surface area contributed by atoms with Crippen LogP contribution in [-0.4, -0.2) is 47.5 Å². The van der Waals surface area contributed by atoms with Crippen molar-refractivity contribution in [3.8, 4) is 11.3 Å². The molecule has 1 saturated heterocycles. The number of carbonyl (C=O) groups is 1. The van der Waals surface area contributed by atoms with Crippen molar-refractivity contribution in [3.05, 3.63) is 60.4 Å². The quantitative estimate of drug-likeness (QED) is 0.789. The molecule has 0 radical (unpaired) electrons. The fourth-order valence-corrected chi connectivity index (χ4v) is 3.66. The molecule has 1 atom stereocenters. The molecule has 5 nitrogen and oxygen atoms in total. The summed E-state index contributed by atoms with van der Waals surface area (Å²) in [7, 11) is 1.96. The van der Waals surface area contributed by atoms with Gasteiger partial charge in [-0.1, -0.05) is 18.2 Å². The number of pyridine rings is 2. The van der Waals surface area contributed by atoms with Gasteiger partial charge in [-0.3, -0.25) is 9.78 Å². The van der Waals surface area contributed by atoms with E-state index in [0.29, 0.717) is 5.92 Å². The molecule has 3 aromatic rings. The van der Waals surface area contributed by atoms with Crippen LogP contribution in [0.4, 0.5) is 0 Å². The molecule has 1 aliphatic rings. The molecule has 0 bridgehead atoms. The first-order valence-electron chi connectivity index (χ1n) is 9.00. The molecule has 0 saturated carbocycles. The highest BCUT2D eigenvalue weighted by Crippen LogP contribution is 2.27. The summed E-state index contributed by atoms with van der Waals surface area (Å²) in [5.41, 5.74) is 3.26. The van der Waals surface area contributed by atoms with E-state index >= 15 is 0 Å². The SMILES string of the molecule is CNCC1CCN(C(=O)c2cc(-c3cccnc3)nc3ccccc23)C1. The molecule has 0 aliphatic carbocycles. The lowest BCUT2D eigenvalue weighted by molar-refractivity contribution is 0.0789. The molecule has 3 heterocycles. The van der Waals surface area contributed by atoms with Gasteiger partial charge in [-0.15, -0.1) is 0 Å². The van der Waals surface area contributed by atoms with E-state index in [0.717, 1.165) is 53.8 Å². The minimum absolute atomic E-state index is 0.0901. The number of likely N-dealkylation sites (tertiary alicyclic amines) is 1. The van der Waals surface area contributed by atoms with Gasteiger partial charge in [0.15, 0.2) is 0 Å². The first kappa shape index (κ1) is 16.7. The summed E-state index contributed by atoms with van der Waals surface area (Å²) in [4.78, 5) is 24.1. The topological polar surface area (TPSA) is 58.1 Å². The van der Waals surface area contributed by atoms with Crippen LogP contribution in [0.25, 0.3) is 22.2 Å². The smallest absolute Gasteiger partial charge is 0.254 e. The van der Waals surface area contributed by atoms with Gasteiger partial charge in [0, 0.05) is 36.4 Å². The summed E-state index contributed by atoms with van der Waals surface area (Å²) < 4.78 is 0. The zero-order chi connectivity index (χ0) is 17.9. The largest absolute Gasteiger partial charge is 0.338 e. The monoisotopic (exact) mass is 346 g/mol. The zero-order valence-corrected chi connectivity index (χ0v) is 14.9. The molecule has 132 valence electrons. The van der Waals surface area contributed by atoms with Crippen LogP contribution in [0, 0.1) is 5.92 Å². The Morgan fingerprint density at radius 1 is 1.27 bits per heavy atom. The molecule has 26 heavy (non-hydrogen) atoms. The number of benzene rings is 1. The summed E-state index contributed by atoms with van der Waals surface area (Å²) in [5.74, 6) is 0.613. The number of hydrogen-bond donors (Lipinski definition) is 1. The Morgan fingerprint density at radius 3 is 2.96 bits per heavy atom. The average molecular weight is 346 g/mol. The van der Waals surface area contributed by atoms with Gasteiger partial charge in [0.05, 0.1) is 16.8 Å².